The zero-order valence-electron chi connectivity index (χ0n) is 14.4. The number of nitrogens with zero attached hydrogens (tertiary/aromatic N) is 1. The topological polar surface area (TPSA) is 71.5 Å². The molecule has 1 saturated carbocycles. The van der Waals surface area contributed by atoms with E-state index < -0.39 is 5.60 Å². The van der Waals surface area contributed by atoms with Crippen molar-refractivity contribution in [3.63, 3.8) is 0 Å². The Morgan fingerprint density at radius 2 is 2.08 bits per heavy atom. The zero-order valence-corrected chi connectivity index (χ0v) is 14.4. The van der Waals surface area contributed by atoms with Gasteiger partial charge >= 0.3 is 0 Å². The molecule has 1 aliphatic rings. The predicted molar refractivity (Wildman–Crippen MR) is 95.0 cm³/mol. The standard InChI is InChI=1S/C20H24N2O3/c1-20(24,16-6-3-2-4-7-16)13-18(23)22-14-15-10-11-21-19(12-15)25-17-8-5-9-17/h2-4,6-7,10-12,17,24H,5,8-9,13-14H2,1H3,(H,22,23). The molecule has 0 spiro atoms. The number of nitrogens with one attached hydrogen (secondary N) is 1. The largest absolute Gasteiger partial charge is 0.474 e. The van der Waals surface area contributed by atoms with Crippen LogP contribution in [0.2, 0.25) is 0 Å². The number of aliphatic hydroxyl groups is 1. The number of pyridine rings is 1. The van der Waals surface area contributed by atoms with Crippen LogP contribution in [0.25, 0.3) is 0 Å². The van der Waals surface area contributed by atoms with Gasteiger partial charge in [0.1, 0.15) is 6.10 Å². The number of rotatable bonds is 7. The van der Waals surface area contributed by atoms with Crippen LogP contribution < -0.4 is 10.1 Å². The number of amides is 1. The lowest BCUT2D eigenvalue weighted by Gasteiger charge is -2.25. The van der Waals surface area contributed by atoms with Gasteiger partial charge in [-0.15, -0.1) is 0 Å². The lowest BCUT2D eigenvalue weighted by molar-refractivity contribution is -0.126. The summed E-state index contributed by atoms with van der Waals surface area (Å²) in [6, 6.07) is 12.9. The summed E-state index contributed by atoms with van der Waals surface area (Å²) < 4.78 is 5.77. The molecule has 0 bridgehead atoms. The van der Waals surface area contributed by atoms with Gasteiger partial charge < -0.3 is 15.2 Å². The second-order valence-electron chi connectivity index (χ2n) is 6.77. The van der Waals surface area contributed by atoms with E-state index in [1.807, 2.05) is 42.5 Å². The third kappa shape index (κ3) is 4.79. The average molecular weight is 340 g/mol. The Hall–Kier alpha value is -2.40. The molecule has 1 heterocycles. The van der Waals surface area contributed by atoms with Gasteiger partial charge in [0.25, 0.3) is 0 Å². The van der Waals surface area contributed by atoms with Crippen LogP contribution in [0.3, 0.4) is 0 Å². The monoisotopic (exact) mass is 340 g/mol. The van der Waals surface area contributed by atoms with Crippen molar-refractivity contribution >= 4 is 5.91 Å². The van der Waals surface area contributed by atoms with Gasteiger partial charge in [0.15, 0.2) is 0 Å². The molecule has 0 radical (unpaired) electrons. The maximum atomic E-state index is 12.2. The molecule has 1 aromatic carbocycles. The summed E-state index contributed by atoms with van der Waals surface area (Å²) in [5, 5.41) is 13.4. The molecule has 2 N–H and O–H groups in total. The van der Waals surface area contributed by atoms with Crippen LogP contribution in [-0.2, 0) is 16.9 Å². The van der Waals surface area contributed by atoms with Gasteiger partial charge in [-0.1, -0.05) is 30.3 Å². The molecule has 2 aromatic rings. The van der Waals surface area contributed by atoms with Crippen molar-refractivity contribution in [3.8, 4) is 5.88 Å². The highest BCUT2D eigenvalue weighted by atomic mass is 16.5. The highest BCUT2D eigenvalue weighted by Crippen LogP contribution is 2.25. The molecule has 1 amide bonds. The molecule has 1 atom stereocenters. The highest BCUT2D eigenvalue weighted by Gasteiger charge is 2.26. The Morgan fingerprint density at radius 1 is 1.32 bits per heavy atom. The molecule has 25 heavy (non-hydrogen) atoms. The third-order valence-corrected chi connectivity index (χ3v) is 4.53. The van der Waals surface area contributed by atoms with Crippen LogP contribution in [0.15, 0.2) is 48.7 Å². The zero-order chi connectivity index (χ0) is 17.7. The molecule has 5 heteroatoms. The van der Waals surface area contributed by atoms with E-state index >= 15 is 0 Å². The van der Waals surface area contributed by atoms with E-state index in [2.05, 4.69) is 10.3 Å². The predicted octanol–water partition coefficient (Wildman–Crippen LogP) is 2.93. The summed E-state index contributed by atoms with van der Waals surface area (Å²) in [6.07, 6.45) is 5.34. The Morgan fingerprint density at radius 3 is 2.76 bits per heavy atom. The first-order valence-electron chi connectivity index (χ1n) is 8.69. The summed E-state index contributed by atoms with van der Waals surface area (Å²) in [4.78, 5) is 16.4. The number of hydrogen-bond acceptors (Lipinski definition) is 4. The summed E-state index contributed by atoms with van der Waals surface area (Å²) >= 11 is 0. The van der Waals surface area contributed by atoms with E-state index in [-0.39, 0.29) is 18.4 Å². The fourth-order valence-electron chi connectivity index (χ4n) is 2.76. The summed E-state index contributed by atoms with van der Waals surface area (Å²) in [6.45, 7) is 2.03. The van der Waals surface area contributed by atoms with Crippen LogP contribution in [-0.4, -0.2) is 22.1 Å². The Bertz CT molecular complexity index is 712. The summed E-state index contributed by atoms with van der Waals surface area (Å²) in [7, 11) is 0. The molecular formula is C20H24N2O3. The maximum absolute atomic E-state index is 12.2. The second-order valence-corrected chi connectivity index (χ2v) is 6.77. The molecule has 1 fully saturated rings. The van der Waals surface area contributed by atoms with E-state index in [1.54, 1.807) is 13.1 Å². The normalized spacial score (nSPS) is 16.6. The Kier molecular flexibility index (Phi) is 5.34. The van der Waals surface area contributed by atoms with Gasteiger partial charge in [-0.05, 0) is 43.4 Å². The molecule has 3 rings (SSSR count). The van der Waals surface area contributed by atoms with Gasteiger partial charge in [-0.3, -0.25) is 4.79 Å². The van der Waals surface area contributed by atoms with Gasteiger partial charge in [0.05, 0.1) is 12.0 Å². The molecule has 5 nitrogen and oxygen atoms in total. The molecule has 0 aliphatic heterocycles. The first kappa shape index (κ1) is 17.4. The fraction of sp³-hybridized carbons (Fsp3) is 0.400. The number of aromatic nitrogens is 1. The molecule has 1 aliphatic carbocycles. The lowest BCUT2D eigenvalue weighted by atomic mass is 9.92. The highest BCUT2D eigenvalue weighted by molar-refractivity contribution is 5.77. The van der Waals surface area contributed by atoms with Crippen molar-refractivity contribution in [2.45, 2.75) is 50.9 Å². The van der Waals surface area contributed by atoms with Gasteiger partial charge in [0.2, 0.25) is 11.8 Å². The van der Waals surface area contributed by atoms with E-state index in [0.29, 0.717) is 12.4 Å². The van der Waals surface area contributed by atoms with Crippen LogP contribution in [0.4, 0.5) is 0 Å². The number of ether oxygens (including phenoxy) is 1. The fourth-order valence-corrected chi connectivity index (χ4v) is 2.76. The van der Waals surface area contributed by atoms with Crippen LogP contribution in [0, 0.1) is 0 Å². The molecule has 132 valence electrons. The van der Waals surface area contributed by atoms with Crippen molar-refractivity contribution < 1.29 is 14.6 Å². The number of carbonyl (C=O) groups excluding carboxylic acids is 1. The Labute approximate surface area is 148 Å². The maximum Gasteiger partial charge on any atom is 0.223 e. The van der Waals surface area contributed by atoms with Gasteiger partial charge in [-0.2, -0.15) is 0 Å². The third-order valence-electron chi connectivity index (χ3n) is 4.53. The second kappa shape index (κ2) is 7.66. The van der Waals surface area contributed by atoms with Crippen molar-refractivity contribution in [2.24, 2.45) is 0 Å². The molecule has 1 aromatic heterocycles. The van der Waals surface area contributed by atoms with Gasteiger partial charge in [0, 0.05) is 18.8 Å². The minimum Gasteiger partial charge on any atom is -0.474 e. The van der Waals surface area contributed by atoms with Crippen LogP contribution in [0.1, 0.15) is 43.7 Å². The SMILES string of the molecule is CC(O)(CC(=O)NCc1ccnc(OC2CCC2)c1)c1ccccc1. The van der Waals surface area contributed by atoms with Crippen molar-refractivity contribution in [1.82, 2.24) is 10.3 Å². The number of hydrogen-bond donors (Lipinski definition) is 2. The first-order valence-corrected chi connectivity index (χ1v) is 8.69. The van der Waals surface area contributed by atoms with Crippen LogP contribution >= 0.6 is 0 Å². The van der Waals surface area contributed by atoms with Crippen molar-refractivity contribution in [3.05, 3.63) is 59.8 Å². The Balaban J connectivity index is 1.52. The van der Waals surface area contributed by atoms with Crippen molar-refractivity contribution in [2.75, 3.05) is 0 Å². The number of benzene rings is 1. The van der Waals surface area contributed by atoms with E-state index in [0.717, 1.165) is 24.0 Å². The summed E-state index contributed by atoms with van der Waals surface area (Å²) in [5.74, 6) is 0.403. The van der Waals surface area contributed by atoms with E-state index in [4.69, 9.17) is 4.74 Å². The van der Waals surface area contributed by atoms with Crippen molar-refractivity contribution in [1.29, 1.82) is 0 Å². The minimum atomic E-state index is -1.19. The molecule has 1 unspecified atom stereocenters. The van der Waals surface area contributed by atoms with Gasteiger partial charge in [-0.25, -0.2) is 4.98 Å². The lowest BCUT2D eigenvalue weighted by Crippen LogP contribution is -2.32. The first-order chi connectivity index (χ1) is 12.0. The van der Waals surface area contributed by atoms with E-state index in [1.165, 1.54) is 6.42 Å². The quantitative estimate of drug-likeness (QED) is 0.813. The summed E-state index contributed by atoms with van der Waals surface area (Å²) in [5.41, 5.74) is 0.463. The average Bonchev–Trinajstić information content (AvgIpc) is 2.57. The molecular weight excluding hydrogens is 316 g/mol. The smallest absolute Gasteiger partial charge is 0.223 e. The van der Waals surface area contributed by atoms with E-state index in [9.17, 15) is 9.90 Å². The van der Waals surface area contributed by atoms with Crippen LogP contribution in [0.5, 0.6) is 5.88 Å². The molecule has 0 saturated heterocycles. The number of carbonyl (C=O) groups is 1. The minimum absolute atomic E-state index is 0.00747.